The summed E-state index contributed by atoms with van der Waals surface area (Å²) < 4.78 is 0. The summed E-state index contributed by atoms with van der Waals surface area (Å²) in [6.07, 6.45) is 6.24. The maximum absolute atomic E-state index is 12.4. The van der Waals surface area contributed by atoms with Crippen molar-refractivity contribution in [3.05, 3.63) is 157 Å². The molecule has 45 heavy (non-hydrogen) atoms. The number of ketones is 1. The average molecular weight is 723 g/mol. The van der Waals surface area contributed by atoms with Gasteiger partial charge in [-0.05, 0) is 77.9 Å². The van der Waals surface area contributed by atoms with E-state index < -0.39 is 0 Å². The Labute approximate surface area is 288 Å². The van der Waals surface area contributed by atoms with Crippen molar-refractivity contribution in [1.82, 2.24) is 0 Å². The van der Waals surface area contributed by atoms with E-state index in [0.717, 1.165) is 16.7 Å². The third kappa shape index (κ3) is 10.4. The standard InChI is InChI=1S/C26H24P2.C15H22O.Pd/c1-5-13-23(14-6-1)27(24-15-7-2-8-16-24)21-22-28(25-17-9-3-10-18-25)26-19-11-4-12-20-26;1-10-8-11(14(2,3)4)13(16)12(9-10)15(5,6)7;/h1-20H,21-22H2;8-9H,1H2,2-7H3;. The van der Waals surface area contributed by atoms with Crippen LogP contribution in [0.5, 0.6) is 0 Å². The first-order chi connectivity index (χ1) is 20.9. The largest absolute Gasteiger partial charge is 0.289 e. The summed E-state index contributed by atoms with van der Waals surface area (Å²) in [6.45, 7) is 16.4. The SMILES string of the molecule is C=C1C=C(C(C)(C)C)C(=O)C(C(C)(C)C)=C1.[Pd].c1ccc(P(CCP(c2ccccc2)c2ccccc2)c2ccccc2)cc1. The van der Waals surface area contributed by atoms with Crippen LogP contribution in [0, 0.1) is 10.8 Å². The van der Waals surface area contributed by atoms with Gasteiger partial charge in [-0.3, -0.25) is 4.79 Å². The van der Waals surface area contributed by atoms with Crippen LogP contribution >= 0.6 is 15.8 Å². The van der Waals surface area contributed by atoms with Crippen LogP contribution in [0.2, 0.25) is 0 Å². The molecule has 0 aromatic heterocycles. The Morgan fingerprint density at radius 2 is 0.733 bits per heavy atom. The molecule has 0 bridgehead atoms. The Morgan fingerprint density at radius 3 is 0.956 bits per heavy atom. The van der Waals surface area contributed by atoms with Crippen molar-refractivity contribution in [2.75, 3.05) is 12.3 Å². The first-order valence-corrected chi connectivity index (χ1v) is 18.4. The summed E-state index contributed by atoms with van der Waals surface area (Å²) in [6, 6.07) is 44.2. The molecule has 4 aromatic carbocycles. The maximum atomic E-state index is 12.4. The molecule has 0 radical (unpaired) electrons. The van der Waals surface area contributed by atoms with Crippen LogP contribution in [-0.4, -0.2) is 18.1 Å². The van der Waals surface area contributed by atoms with Gasteiger partial charge in [-0.1, -0.05) is 169 Å². The van der Waals surface area contributed by atoms with Crippen molar-refractivity contribution in [3.63, 3.8) is 0 Å². The third-order valence-corrected chi connectivity index (χ3v) is 13.0. The minimum atomic E-state index is -0.348. The summed E-state index contributed by atoms with van der Waals surface area (Å²) in [5.74, 6) is 0.174. The van der Waals surface area contributed by atoms with Gasteiger partial charge in [-0.15, -0.1) is 0 Å². The molecule has 0 spiro atoms. The Bertz CT molecular complexity index is 1380. The van der Waals surface area contributed by atoms with E-state index in [1.54, 1.807) is 0 Å². The van der Waals surface area contributed by atoms with Crippen LogP contribution in [0.4, 0.5) is 0 Å². The van der Waals surface area contributed by atoms with Gasteiger partial charge >= 0.3 is 0 Å². The second-order valence-electron chi connectivity index (χ2n) is 13.2. The Hall–Kier alpha value is -2.71. The van der Waals surface area contributed by atoms with E-state index in [-0.39, 0.29) is 52.9 Å². The van der Waals surface area contributed by atoms with Gasteiger partial charge in [-0.25, -0.2) is 0 Å². The van der Waals surface area contributed by atoms with Gasteiger partial charge in [-0.2, -0.15) is 0 Å². The van der Waals surface area contributed by atoms with Gasteiger partial charge in [0.1, 0.15) is 0 Å². The van der Waals surface area contributed by atoms with E-state index in [1.807, 2.05) is 12.2 Å². The van der Waals surface area contributed by atoms with Crippen LogP contribution < -0.4 is 21.2 Å². The van der Waals surface area contributed by atoms with Crippen molar-refractivity contribution in [2.45, 2.75) is 41.5 Å². The molecule has 0 unspecified atom stereocenters. The Morgan fingerprint density at radius 1 is 0.489 bits per heavy atom. The Balaban J connectivity index is 0.000000279. The van der Waals surface area contributed by atoms with Crippen molar-refractivity contribution >= 4 is 42.8 Å². The predicted molar refractivity (Wildman–Crippen MR) is 197 cm³/mol. The zero-order chi connectivity index (χ0) is 31.7. The van der Waals surface area contributed by atoms with E-state index in [2.05, 4.69) is 169 Å². The van der Waals surface area contributed by atoms with Crippen molar-refractivity contribution in [3.8, 4) is 0 Å². The molecule has 4 aromatic rings. The fraction of sp³-hybridized carbons (Fsp3) is 0.244. The molecule has 1 aliphatic carbocycles. The second kappa shape index (κ2) is 16.7. The number of hydrogen-bond donors (Lipinski definition) is 0. The van der Waals surface area contributed by atoms with Crippen LogP contribution in [0.3, 0.4) is 0 Å². The van der Waals surface area contributed by atoms with Gasteiger partial charge in [0, 0.05) is 31.6 Å². The summed E-state index contributed by atoms with van der Waals surface area (Å²) in [5.41, 5.74) is 2.42. The molecule has 0 heterocycles. The number of carbonyl (C=O) groups is 1. The van der Waals surface area contributed by atoms with E-state index in [1.165, 1.54) is 33.5 Å². The molecule has 236 valence electrons. The molecule has 0 fully saturated rings. The minimum absolute atomic E-state index is 0. The molecule has 0 saturated heterocycles. The molecular weight excluding hydrogens is 677 g/mol. The van der Waals surface area contributed by atoms with Crippen LogP contribution in [0.1, 0.15) is 41.5 Å². The average Bonchev–Trinajstić information content (AvgIpc) is 3.01. The summed E-state index contributed by atoms with van der Waals surface area (Å²) in [4.78, 5) is 12.4. The molecule has 1 nitrogen and oxygen atoms in total. The summed E-state index contributed by atoms with van der Waals surface area (Å²) in [5, 5.41) is 5.89. The molecule has 4 heteroatoms. The van der Waals surface area contributed by atoms with Gasteiger partial charge in [0.25, 0.3) is 0 Å². The van der Waals surface area contributed by atoms with Gasteiger partial charge in [0.15, 0.2) is 5.78 Å². The molecule has 0 saturated carbocycles. The third-order valence-electron chi connectivity index (χ3n) is 7.58. The molecule has 5 rings (SSSR count). The first kappa shape index (κ1) is 36.8. The number of rotatable bonds is 7. The second-order valence-corrected chi connectivity index (χ2v) is 17.8. The van der Waals surface area contributed by atoms with Crippen molar-refractivity contribution in [1.29, 1.82) is 0 Å². The van der Waals surface area contributed by atoms with Gasteiger partial charge in [0.05, 0.1) is 0 Å². The normalized spacial score (nSPS) is 13.4. The summed E-state index contributed by atoms with van der Waals surface area (Å²) >= 11 is 0. The number of hydrogen-bond acceptors (Lipinski definition) is 1. The molecule has 0 aliphatic heterocycles. The van der Waals surface area contributed by atoms with Gasteiger partial charge in [0.2, 0.25) is 0 Å². The molecular formula is C41H46OP2Pd. The van der Waals surface area contributed by atoms with E-state index in [4.69, 9.17) is 0 Å². The molecule has 0 atom stereocenters. The zero-order valence-corrected chi connectivity index (χ0v) is 30.8. The monoisotopic (exact) mass is 722 g/mol. The minimum Gasteiger partial charge on any atom is -0.289 e. The maximum Gasteiger partial charge on any atom is 0.186 e. The number of benzene rings is 4. The first-order valence-electron chi connectivity index (χ1n) is 15.4. The van der Waals surface area contributed by atoms with E-state index >= 15 is 0 Å². The topological polar surface area (TPSA) is 17.1 Å². The smallest absolute Gasteiger partial charge is 0.186 e. The van der Waals surface area contributed by atoms with Crippen molar-refractivity contribution < 1.29 is 25.2 Å². The van der Waals surface area contributed by atoms with Crippen LogP contribution in [0.25, 0.3) is 0 Å². The number of carbonyl (C=O) groups excluding carboxylic acids is 1. The predicted octanol–water partition coefficient (Wildman–Crippen LogP) is 9.32. The molecule has 1 aliphatic rings. The molecule has 0 N–H and O–H groups in total. The van der Waals surface area contributed by atoms with Gasteiger partial charge < -0.3 is 0 Å². The Kier molecular flexibility index (Phi) is 13.7. The fourth-order valence-electron chi connectivity index (χ4n) is 5.25. The quantitative estimate of drug-likeness (QED) is 0.137. The molecule has 0 amide bonds. The van der Waals surface area contributed by atoms with Crippen LogP contribution in [-0.2, 0) is 25.2 Å². The number of Topliss-reactive ketones (excluding diaryl/α,β-unsaturated/α-hetero) is 1. The fourth-order valence-corrected chi connectivity index (χ4v) is 10.6. The summed E-state index contributed by atoms with van der Waals surface area (Å²) in [7, 11) is -0.696. The van der Waals surface area contributed by atoms with E-state index in [9.17, 15) is 4.79 Å². The zero-order valence-electron chi connectivity index (χ0n) is 27.4. The van der Waals surface area contributed by atoms with Crippen LogP contribution in [0.15, 0.2) is 157 Å². The van der Waals surface area contributed by atoms with Crippen molar-refractivity contribution in [2.24, 2.45) is 10.8 Å². The van der Waals surface area contributed by atoms with E-state index in [0.29, 0.717) is 0 Å². The number of allylic oxidation sites excluding steroid dienone is 5.